The highest BCUT2D eigenvalue weighted by molar-refractivity contribution is 9.10. The summed E-state index contributed by atoms with van der Waals surface area (Å²) in [4.78, 5) is 16.9. The number of halogens is 3. The van der Waals surface area contributed by atoms with E-state index < -0.39 is 0 Å². The number of aromatic nitrogens is 2. The first-order valence-electron chi connectivity index (χ1n) is 8.10. The van der Waals surface area contributed by atoms with Crippen LogP contribution >= 0.6 is 39.1 Å². The third kappa shape index (κ3) is 4.78. The van der Waals surface area contributed by atoms with Crippen LogP contribution in [0.2, 0.25) is 10.3 Å². The van der Waals surface area contributed by atoms with Crippen molar-refractivity contribution in [1.82, 2.24) is 9.55 Å². The van der Waals surface area contributed by atoms with Crippen LogP contribution in [0.15, 0.2) is 65.4 Å². The van der Waals surface area contributed by atoms with Crippen molar-refractivity contribution in [3.8, 4) is 0 Å². The van der Waals surface area contributed by atoms with Gasteiger partial charge in [-0.1, -0.05) is 81.6 Å². The molecule has 0 amide bonds. The molecule has 0 fully saturated rings. The van der Waals surface area contributed by atoms with Crippen LogP contribution in [-0.2, 0) is 4.79 Å². The molecule has 1 aromatic heterocycles. The van der Waals surface area contributed by atoms with E-state index in [1.807, 2.05) is 55.5 Å². The first-order valence-corrected chi connectivity index (χ1v) is 9.64. The standard InChI is InChI=1S/C21H15BrCl2N2O/c1-14-4-2-3-5-16(14)8-11-19(27)18(26-13-25-20(23)21(26)24)12-15-6-9-17(22)10-7-15/h2-13H,1H3/b11-8+,18-12-. The van der Waals surface area contributed by atoms with Crippen LogP contribution in [0.3, 0.4) is 0 Å². The third-order valence-electron chi connectivity index (χ3n) is 3.96. The molecule has 0 aliphatic carbocycles. The molecular formula is C21H15BrCl2N2O. The van der Waals surface area contributed by atoms with Crippen molar-refractivity contribution in [3.05, 3.63) is 92.4 Å². The number of hydrogen-bond acceptors (Lipinski definition) is 2. The zero-order valence-corrected chi connectivity index (χ0v) is 17.5. The fourth-order valence-corrected chi connectivity index (χ4v) is 3.06. The predicted octanol–water partition coefficient (Wildman–Crippen LogP) is 6.54. The zero-order chi connectivity index (χ0) is 19.4. The molecule has 0 saturated heterocycles. The van der Waals surface area contributed by atoms with Crippen molar-refractivity contribution in [1.29, 1.82) is 0 Å². The molecule has 3 nitrogen and oxygen atoms in total. The van der Waals surface area contributed by atoms with Gasteiger partial charge in [0.25, 0.3) is 0 Å². The Kier molecular flexibility index (Phi) is 6.32. The van der Waals surface area contributed by atoms with E-state index in [1.165, 1.54) is 17.0 Å². The first-order chi connectivity index (χ1) is 13.0. The molecule has 0 N–H and O–H groups in total. The van der Waals surface area contributed by atoms with Gasteiger partial charge in [-0.05, 0) is 47.9 Å². The smallest absolute Gasteiger partial charge is 0.202 e. The third-order valence-corrected chi connectivity index (χ3v) is 5.22. The van der Waals surface area contributed by atoms with Gasteiger partial charge in [-0.3, -0.25) is 9.36 Å². The number of carbonyl (C=O) groups excluding carboxylic acids is 1. The molecule has 0 unspecified atom stereocenters. The van der Waals surface area contributed by atoms with Crippen molar-refractivity contribution in [2.45, 2.75) is 6.92 Å². The molecule has 136 valence electrons. The van der Waals surface area contributed by atoms with Gasteiger partial charge in [0, 0.05) is 4.47 Å². The molecule has 0 aliphatic heterocycles. The summed E-state index contributed by atoms with van der Waals surface area (Å²) in [6.45, 7) is 2.00. The van der Waals surface area contributed by atoms with E-state index in [0.717, 1.165) is 21.2 Å². The molecule has 27 heavy (non-hydrogen) atoms. The van der Waals surface area contributed by atoms with Gasteiger partial charge < -0.3 is 0 Å². The zero-order valence-electron chi connectivity index (χ0n) is 14.4. The van der Waals surface area contributed by atoms with Crippen LogP contribution < -0.4 is 0 Å². The molecule has 0 aliphatic rings. The molecule has 3 aromatic rings. The Morgan fingerprint density at radius 3 is 2.44 bits per heavy atom. The normalized spacial score (nSPS) is 11.9. The van der Waals surface area contributed by atoms with E-state index in [0.29, 0.717) is 5.70 Å². The number of allylic oxidation sites excluding steroid dienone is 2. The minimum absolute atomic E-state index is 0.147. The maximum absolute atomic E-state index is 12.9. The van der Waals surface area contributed by atoms with Gasteiger partial charge in [0.1, 0.15) is 6.33 Å². The lowest BCUT2D eigenvalue weighted by Crippen LogP contribution is -2.06. The Morgan fingerprint density at radius 2 is 1.81 bits per heavy atom. The molecule has 0 spiro atoms. The van der Waals surface area contributed by atoms with E-state index >= 15 is 0 Å². The Balaban J connectivity index is 2.01. The number of imidazole rings is 1. The second kappa shape index (κ2) is 8.70. The largest absolute Gasteiger partial charge is 0.288 e. The number of rotatable bonds is 5. The highest BCUT2D eigenvalue weighted by atomic mass is 79.9. The average Bonchev–Trinajstić information content (AvgIpc) is 2.99. The van der Waals surface area contributed by atoms with Crippen LogP contribution in [-0.4, -0.2) is 15.3 Å². The van der Waals surface area contributed by atoms with Gasteiger partial charge in [-0.25, -0.2) is 4.98 Å². The van der Waals surface area contributed by atoms with E-state index in [1.54, 1.807) is 12.2 Å². The fourth-order valence-electron chi connectivity index (χ4n) is 2.48. The van der Waals surface area contributed by atoms with E-state index in [-0.39, 0.29) is 16.1 Å². The van der Waals surface area contributed by atoms with Gasteiger partial charge in [-0.2, -0.15) is 0 Å². The van der Waals surface area contributed by atoms with Crippen LogP contribution in [0.25, 0.3) is 17.8 Å². The molecule has 2 aromatic carbocycles. The maximum atomic E-state index is 12.9. The monoisotopic (exact) mass is 460 g/mol. The molecule has 3 rings (SSSR count). The second-order valence-electron chi connectivity index (χ2n) is 5.83. The summed E-state index contributed by atoms with van der Waals surface area (Å²) in [5.74, 6) is -0.211. The molecule has 0 radical (unpaired) electrons. The Morgan fingerprint density at radius 1 is 1.11 bits per heavy atom. The van der Waals surface area contributed by atoms with E-state index in [2.05, 4.69) is 20.9 Å². The van der Waals surface area contributed by atoms with Gasteiger partial charge in [0.15, 0.2) is 10.3 Å². The minimum atomic E-state index is -0.211. The molecule has 0 bridgehead atoms. The fraction of sp³-hybridized carbons (Fsp3) is 0.0476. The molecular weight excluding hydrogens is 447 g/mol. The van der Waals surface area contributed by atoms with Gasteiger partial charge in [0.2, 0.25) is 5.78 Å². The molecule has 0 saturated carbocycles. The summed E-state index contributed by atoms with van der Waals surface area (Å²) >= 11 is 15.6. The number of carbonyl (C=O) groups is 1. The van der Waals surface area contributed by atoms with Crippen molar-refractivity contribution >= 4 is 62.8 Å². The van der Waals surface area contributed by atoms with Crippen LogP contribution in [0.4, 0.5) is 0 Å². The quantitative estimate of drug-likeness (QED) is 0.404. The Labute approximate surface area is 176 Å². The highest BCUT2D eigenvalue weighted by Crippen LogP contribution is 2.26. The highest BCUT2D eigenvalue weighted by Gasteiger charge is 2.15. The summed E-state index contributed by atoms with van der Waals surface area (Å²) in [6.07, 6.45) is 6.51. The van der Waals surface area contributed by atoms with Gasteiger partial charge >= 0.3 is 0 Å². The minimum Gasteiger partial charge on any atom is -0.288 e. The lowest BCUT2D eigenvalue weighted by atomic mass is 10.1. The van der Waals surface area contributed by atoms with Gasteiger partial charge in [-0.15, -0.1) is 0 Å². The lowest BCUT2D eigenvalue weighted by molar-refractivity contribution is -0.109. The summed E-state index contributed by atoms with van der Waals surface area (Å²) in [6, 6.07) is 15.4. The summed E-state index contributed by atoms with van der Waals surface area (Å²) < 4.78 is 2.44. The second-order valence-corrected chi connectivity index (χ2v) is 7.46. The first kappa shape index (κ1) is 19.6. The van der Waals surface area contributed by atoms with Crippen molar-refractivity contribution in [2.75, 3.05) is 0 Å². The number of benzene rings is 2. The Bertz CT molecular complexity index is 1040. The molecule has 1 heterocycles. The maximum Gasteiger partial charge on any atom is 0.202 e. The van der Waals surface area contributed by atoms with E-state index in [4.69, 9.17) is 23.2 Å². The summed E-state index contributed by atoms with van der Waals surface area (Å²) in [7, 11) is 0. The van der Waals surface area contributed by atoms with Crippen LogP contribution in [0.1, 0.15) is 16.7 Å². The SMILES string of the molecule is Cc1ccccc1/C=C/C(=O)/C(=C/c1ccc(Br)cc1)n1cnc(Cl)c1Cl. The predicted molar refractivity (Wildman–Crippen MR) is 116 cm³/mol. The van der Waals surface area contributed by atoms with Crippen LogP contribution in [0, 0.1) is 6.92 Å². The van der Waals surface area contributed by atoms with Crippen molar-refractivity contribution in [3.63, 3.8) is 0 Å². The summed E-state index contributed by atoms with van der Waals surface area (Å²) in [5.41, 5.74) is 3.27. The number of ketones is 1. The van der Waals surface area contributed by atoms with Crippen LogP contribution in [0.5, 0.6) is 0 Å². The molecule has 0 atom stereocenters. The number of hydrogen-bond donors (Lipinski definition) is 0. The lowest BCUT2D eigenvalue weighted by Gasteiger charge is -2.08. The summed E-state index contributed by atoms with van der Waals surface area (Å²) in [5, 5.41) is 0.340. The number of aryl methyl sites for hydroxylation is 1. The van der Waals surface area contributed by atoms with Gasteiger partial charge in [0.05, 0.1) is 5.70 Å². The topological polar surface area (TPSA) is 34.9 Å². The van der Waals surface area contributed by atoms with Crippen molar-refractivity contribution in [2.24, 2.45) is 0 Å². The molecule has 6 heteroatoms. The van der Waals surface area contributed by atoms with E-state index in [9.17, 15) is 4.79 Å². The van der Waals surface area contributed by atoms with Crippen molar-refractivity contribution < 1.29 is 4.79 Å². The Hall–Kier alpha value is -2.14. The average molecular weight is 462 g/mol. The number of nitrogens with zero attached hydrogens (tertiary/aromatic N) is 2.